The molecule has 1 aromatic carbocycles. The molecule has 0 aromatic heterocycles. The molecule has 0 saturated heterocycles. The smallest absolute Gasteiger partial charge is 0.404 e. The van der Waals surface area contributed by atoms with Crippen molar-refractivity contribution in [1.29, 1.82) is 0 Å². The van der Waals surface area contributed by atoms with E-state index in [9.17, 15) is 4.79 Å². The van der Waals surface area contributed by atoms with Crippen molar-refractivity contribution in [3.05, 3.63) is 49.6 Å². The van der Waals surface area contributed by atoms with Crippen molar-refractivity contribution in [2.45, 2.75) is 49.8 Å². The normalized spacial score (nSPS) is 10.6. The third-order valence-corrected chi connectivity index (χ3v) is 5.13. The van der Waals surface area contributed by atoms with Crippen LogP contribution in [0.15, 0.2) is 54.5 Å². The Morgan fingerprint density at radius 1 is 1.11 bits per heavy atom. The van der Waals surface area contributed by atoms with Gasteiger partial charge in [-0.3, -0.25) is 0 Å². The Morgan fingerprint density at radius 2 is 1.82 bits per heavy atom. The first-order valence-electron chi connectivity index (χ1n) is 10.00. The first-order chi connectivity index (χ1) is 13.7. The SMILES string of the molecule is C=CCCCCOc1cccc(SN(CCCCC=C)CCCNC(=O)O)c1. The second kappa shape index (κ2) is 16.1. The summed E-state index contributed by atoms with van der Waals surface area (Å²) >= 11 is 1.71. The van der Waals surface area contributed by atoms with Crippen LogP contribution in [0.5, 0.6) is 5.75 Å². The Morgan fingerprint density at radius 3 is 2.54 bits per heavy atom. The van der Waals surface area contributed by atoms with Crippen LogP contribution in [0.25, 0.3) is 0 Å². The Labute approximate surface area is 174 Å². The zero-order valence-corrected chi connectivity index (χ0v) is 17.6. The molecular weight excluding hydrogens is 372 g/mol. The standard InChI is InChI=1S/C22H34N2O3S/c1-3-5-7-9-16-24(17-12-15-23-22(25)26)28-21-14-11-13-20(19-21)27-18-10-8-6-4-2/h3-4,11,13-14,19,23H,1-2,5-10,12,15-18H2,(H,25,26). The summed E-state index contributed by atoms with van der Waals surface area (Å²) in [5.41, 5.74) is 0. The minimum absolute atomic E-state index is 0.465. The number of rotatable bonds is 17. The second-order valence-electron chi connectivity index (χ2n) is 6.50. The average molecular weight is 407 g/mol. The van der Waals surface area contributed by atoms with Gasteiger partial charge in [0.25, 0.3) is 0 Å². The average Bonchev–Trinajstić information content (AvgIpc) is 2.68. The van der Waals surface area contributed by atoms with E-state index in [1.807, 2.05) is 24.3 Å². The molecule has 156 valence electrons. The molecule has 0 aliphatic rings. The maximum Gasteiger partial charge on any atom is 0.404 e. The van der Waals surface area contributed by atoms with Crippen LogP contribution >= 0.6 is 11.9 Å². The summed E-state index contributed by atoms with van der Waals surface area (Å²) in [5.74, 6) is 0.891. The molecule has 1 aromatic rings. The number of carbonyl (C=O) groups is 1. The Balaban J connectivity index is 2.51. The summed E-state index contributed by atoms with van der Waals surface area (Å²) < 4.78 is 8.16. The number of hydrogen-bond donors (Lipinski definition) is 2. The first kappa shape index (κ1) is 24.1. The first-order valence-corrected chi connectivity index (χ1v) is 10.8. The highest BCUT2D eigenvalue weighted by Gasteiger charge is 2.08. The fourth-order valence-electron chi connectivity index (χ4n) is 2.58. The minimum atomic E-state index is -0.969. The molecular formula is C22H34N2O3S. The summed E-state index contributed by atoms with van der Waals surface area (Å²) in [6.45, 7) is 10.5. The van der Waals surface area contributed by atoms with Gasteiger partial charge in [-0.15, -0.1) is 13.2 Å². The van der Waals surface area contributed by atoms with Gasteiger partial charge >= 0.3 is 6.09 Å². The number of amides is 1. The van der Waals surface area contributed by atoms with E-state index < -0.39 is 6.09 Å². The van der Waals surface area contributed by atoms with E-state index in [2.05, 4.69) is 34.9 Å². The highest BCUT2D eigenvalue weighted by molar-refractivity contribution is 7.97. The number of hydrogen-bond acceptors (Lipinski definition) is 4. The fraction of sp³-hybridized carbons (Fsp3) is 0.500. The van der Waals surface area contributed by atoms with Crippen LogP contribution in [0.2, 0.25) is 0 Å². The number of ether oxygens (including phenoxy) is 1. The van der Waals surface area contributed by atoms with Gasteiger partial charge in [0.05, 0.1) is 6.61 Å². The van der Waals surface area contributed by atoms with E-state index in [-0.39, 0.29) is 0 Å². The Hall–Kier alpha value is -1.92. The van der Waals surface area contributed by atoms with Gasteiger partial charge < -0.3 is 15.2 Å². The molecule has 0 atom stereocenters. The molecule has 6 heteroatoms. The molecule has 0 spiro atoms. The Bertz CT molecular complexity index is 581. The van der Waals surface area contributed by atoms with Crippen LogP contribution in [0.1, 0.15) is 44.9 Å². The van der Waals surface area contributed by atoms with Crippen molar-refractivity contribution in [2.75, 3.05) is 26.2 Å². The van der Waals surface area contributed by atoms with Gasteiger partial charge in [0.15, 0.2) is 0 Å². The topological polar surface area (TPSA) is 61.8 Å². The molecule has 0 bridgehead atoms. The molecule has 0 aliphatic carbocycles. The lowest BCUT2D eigenvalue weighted by Gasteiger charge is -2.21. The fourth-order valence-corrected chi connectivity index (χ4v) is 3.63. The monoisotopic (exact) mass is 406 g/mol. The van der Waals surface area contributed by atoms with E-state index in [0.29, 0.717) is 13.2 Å². The summed E-state index contributed by atoms with van der Waals surface area (Å²) in [5, 5.41) is 11.1. The summed E-state index contributed by atoms with van der Waals surface area (Å²) in [7, 11) is 0. The molecule has 5 nitrogen and oxygen atoms in total. The predicted molar refractivity (Wildman–Crippen MR) is 118 cm³/mol. The number of allylic oxidation sites excluding steroid dienone is 2. The van der Waals surface area contributed by atoms with Crippen molar-refractivity contribution < 1.29 is 14.6 Å². The predicted octanol–water partition coefficient (Wildman–Crippen LogP) is 5.74. The van der Waals surface area contributed by atoms with Crippen molar-refractivity contribution >= 4 is 18.0 Å². The van der Waals surface area contributed by atoms with Gasteiger partial charge in [0.2, 0.25) is 0 Å². The van der Waals surface area contributed by atoms with Gasteiger partial charge in [-0.25, -0.2) is 9.10 Å². The van der Waals surface area contributed by atoms with Crippen molar-refractivity contribution in [3.8, 4) is 5.75 Å². The summed E-state index contributed by atoms with van der Waals surface area (Å²) in [4.78, 5) is 11.7. The molecule has 0 heterocycles. The van der Waals surface area contributed by atoms with Gasteiger partial charge in [-0.1, -0.05) is 18.2 Å². The molecule has 0 radical (unpaired) electrons. The quantitative estimate of drug-likeness (QED) is 0.196. The zero-order valence-electron chi connectivity index (χ0n) is 16.8. The minimum Gasteiger partial charge on any atom is -0.494 e. The number of nitrogens with zero attached hydrogens (tertiary/aromatic N) is 1. The van der Waals surface area contributed by atoms with Crippen LogP contribution in [0, 0.1) is 0 Å². The Kier molecular flexibility index (Phi) is 13.8. The maximum atomic E-state index is 10.6. The van der Waals surface area contributed by atoms with Crippen LogP contribution in [0.3, 0.4) is 0 Å². The lowest BCUT2D eigenvalue weighted by atomic mass is 10.2. The number of benzene rings is 1. The van der Waals surface area contributed by atoms with Crippen LogP contribution in [-0.2, 0) is 0 Å². The molecule has 28 heavy (non-hydrogen) atoms. The van der Waals surface area contributed by atoms with Crippen molar-refractivity contribution in [2.24, 2.45) is 0 Å². The van der Waals surface area contributed by atoms with E-state index in [1.165, 1.54) is 0 Å². The molecule has 0 saturated carbocycles. The number of nitrogens with one attached hydrogen (secondary N) is 1. The molecule has 1 amide bonds. The molecule has 0 fully saturated rings. The highest BCUT2D eigenvalue weighted by Crippen LogP contribution is 2.27. The van der Waals surface area contributed by atoms with Gasteiger partial charge in [0, 0.05) is 24.5 Å². The molecule has 1 rings (SSSR count). The number of unbranched alkanes of at least 4 members (excludes halogenated alkanes) is 4. The van der Waals surface area contributed by atoms with Crippen LogP contribution in [-0.4, -0.2) is 41.7 Å². The largest absolute Gasteiger partial charge is 0.494 e. The van der Waals surface area contributed by atoms with E-state index in [0.717, 1.165) is 68.7 Å². The van der Waals surface area contributed by atoms with Crippen molar-refractivity contribution in [1.82, 2.24) is 9.62 Å². The van der Waals surface area contributed by atoms with Gasteiger partial charge in [0.1, 0.15) is 5.75 Å². The molecule has 0 unspecified atom stereocenters. The zero-order chi connectivity index (χ0) is 20.5. The van der Waals surface area contributed by atoms with Crippen LogP contribution < -0.4 is 10.1 Å². The third-order valence-electron chi connectivity index (χ3n) is 4.04. The van der Waals surface area contributed by atoms with E-state index >= 15 is 0 Å². The van der Waals surface area contributed by atoms with Crippen LogP contribution in [0.4, 0.5) is 4.79 Å². The second-order valence-corrected chi connectivity index (χ2v) is 7.67. The maximum absolute atomic E-state index is 10.6. The van der Waals surface area contributed by atoms with Gasteiger partial charge in [-0.2, -0.15) is 0 Å². The number of carboxylic acid groups (broad SMARTS) is 1. The third kappa shape index (κ3) is 12.5. The molecule has 2 N–H and O–H groups in total. The van der Waals surface area contributed by atoms with Gasteiger partial charge in [-0.05, 0) is 75.1 Å². The van der Waals surface area contributed by atoms with E-state index in [1.54, 1.807) is 11.9 Å². The van der Waals surface area contributed by atoms with Crippen molar-refractivity contribution in [3.63, 3.8) is 0 Å². The van der Waals surface area contributed by atoms with E-state index in [4.69, 9.17) is 9.84 Å². The lowest BCUT2D eigenvalue weighted by Crippen LogP contribution is -2.26. The highest BCUT2D eigenvalue weighted by atomic mass is 32.2. The summed E-state index contributed by atoms with van der Waals surface area (Å²) in [6.07, 6.45) is 10.1. The summed E-state index contributed by atoms with van der Waals surface area (Å²) in [6, 6.07) is 8.16. The lowest BCUT2D eigenvalue weighted by molar-refractivity contribution is 0.194. The molecule has 0 aliphatic heterocycles.